The minimum Gasteiger partial charge on any atom is -0.508 e. The number of carbonyl (C=O) groups is 2. The number of hydrogen-bond acceptors (Lipinski definition) is 4. The molecule has 0 saturated carbocycles. The first kappa shape index (κ1) is 16.2. The molecule has 0 radical (unpaired) electrons. The predicted octanol–water partition coefficient (Wildman–Crippen LogP) is 2.87. The highest BCUT2D eigenvalue weighted by Crippen LogP contribution is 2.09. The molecular weight excluding hydrogens is 272 g/mol. The Balaban J connectivity index is 0.000000211. The van der Waals surface area contributed by atoms with E-state index in [0.717, 1.165) is 5.56 Å². The Labute approximate surface area is 122 Å². The molecule has 0 amide bonds. The van der Waals surface area contributed by atoms with E-state index in [1.807, 2.05) is 6.07 Å². The van der Waals surface area contributed by atoms with E-state index in [1.54, 1.807) is 25.1 Å². The molecule has 0 aliphatic heterocycles. The van der Waals surface area contributed by atoms with Gasteiger partial charge in [0, 0.05) is 0 Å². The van der Waals surface area contributed by atoms with Crippen molar-refractivity contribution in [1.29, 1.82) is 0 Å². The van der Waals surface area contributed by atoms with Crippen molar-refractivity contribution in [1.82, 2.24) is 0 Å². The fourth-order valence-corrected chi connectivity index (χ4v) is 1.53. The number of carboxylic acids is 1. The minimum absolute atomic E-state index is 0.137. The van der Waals surface area contributed by atoms with Gasteiger partial charge in [-0.05, 0) is 42.8 Å². The van der Waals surface area contributed by atoms with Gasteiger partial charge in [-0.1, -0.05) is 18.2 Å². The largest absolute Gasteiger partial charge is 0.508 e. The Morgan fingerprint density at radius 2 is 1.57 bits per heavy atom. The number of methoxy groups -OCH3 is 1. The third-order valence-corrected chi connectivity index (χ3v) is 2.66. The van der Waals surface area contributed by atoms with Gasteiger partial charge in [0.05, 0.1) is 18.2 Å². The topological polar surface area (TPSA) is 83.8 Å². The van der Waals surface area contributed by atoms with Gasteiger partial charge in [0.1, 0.15) is 5.75 Å². The summed E-state index contributed by atoms with van der Waals surface area (Å²) in [5.74, 6) is -1.12. The first-order chi connectivity index (χ1) is 9.95. The quantitative estimate of drug-likeness (QED) is 0.830. The third-order valence-electron chi connectivity index (χ3n) is 2.66. The van der Waals surface area contributed by atoms with E-state index in [2.05, 4.69) is 4.74 Å². The number of aromatic carboxylic acids is 1. The van der Waals surface area contributed by atoms with Crippen LogP contribution in [0.15, 0.2) is 48.5 Å². The van der Waals surface area contributed by atoms with Crippen LogP contribution < -0.4 is 0 Å². The Hall–Kier alpha value is -2.82. The van der Waals surface area contributed by atoms with Crippen LogP contribution in [0.2, 0.25) is 0 Å². The van der Waals surface area contributed by atoms with Gasteiger partial charge < -0.3 is 14.9 Å². The number of rotatable bonds is 2. The molecule has 0 bridgehead atoms. The average Bonchev–Trinajstić information content (AvgIpc) is 2.48. The first-order valence-electron chi connectivity index (χ1n) is 6.12. The van der Waals surface area contributed by atoms with E-state index in [1.165, 1.54) is 31.4 Å². The number of carbonyl (C=O) groups excluding carboxylic acids is 1. The van der Waals surface area contributed by atoms with E-state index in [9.17, 15) is 9.59 Å². The van der Waals surface area contributed by atoms with Crippen LogP contribution >= 0.6 is 0 Å². The van der Waals surface area contributed by atoms with Crippen LogP contribution in [0.25, 0.3) is 0 Å². The van der Waals surface area contributed by atoms with Crippen LogP contribution in [0.4, 0.5) is 0 Å². The van der Waals surface area contributed by atoms with Gasteiger partial charge in [-0.3, -0.25) is 0 Å². The summed E-state index contributed by atoms with van der Waals surface area (Å²) in [6.45, 7) is 1.78. The van der Waals surface area contributed by atoms with Gasteiger partial charge in [0.2, 0.25) is 0 Å². The average molecular weight is 288 g/mol. The Kier molecular flexibility index (Phi) is 5.95. The monoisotopic (exact) mass is 288 g/mol. The van der Waals surface area contributed by atoms with Gasteiger partial charge in [-0.15, -0.1) is 0 Å². The van der Waals surface area contributed by atoms with Crippen molar-refractivity contribution in [2.24, 2.45) is 0 Å². The van der Waals surface area contributed by atoms with Crippen molar-refractivity contribution in [3.8, 4) is 5.75 Å². The molecule has 0 unspecified atom stereocenters. The Morgan fingerprint density at radius 3 is 2.00 bits per heavy atom. The second-order valence-electron chi connectivity index (χ2n) is 4.16. The zero-order valence-electron chi connectivity index (χ0n) is 11.7. The number of benzene rings is 2. The van der Waals surface area contributed by atoms with Crippen LogP contribution in [-0.4, -0.2) is 29.3 Å². The van der Waals surface area contributed by atoms with E-state index >= 15 is 0 Å². The van der Waals surface area contributed by atoms with Crippen LogP contribution in [0.3, 0.4) is 0 Å². The van der Waals surface area contributed by atoms with E-state index in [-0.39, 0.29) is 5.75 Å². The molecule has 2 N–H and O–H groups in total. The lowest BCUT2D eigenvalue weighted by atomic mass is 10.1. The van der Waals surface area contributed by atoms with Gasteiger partial charge in [0.15, 0.2) is 0 Å². The maximum Gasteiger partial charge on any atom is 0.337 e. The van der Waals surface area contributed by atoms with Gasteiger partial charge in [-0.2, -0.15) is 0 Å². The smallest absolute Gasteiger partial charge is 0.337 e. The summed E-state index contributed by atoms with van der Waals surface area (Å²) in [7, 11) is 1.31. The van der Waals surface area contributed by atoms with E-state index in [0.29, 0.717) is 11.1 Å². The lowest BCUT2D eigenvalue weighted by molar-refractivity contribution is 0.0599. The van der Waals surface area contributed by atoms with Crippen molar-refractivity contribution in [3.63, 3.8) is 0 Å². The maximum atomic E-state index is 10.8. The fourth-order valence-electron chi connectivity index (χ4n) is 1.53. The first-order valence-corrected chi connectivity index (χ1v) is 6.12. The SMILES string of the molecule is COC(=O)c1ccc(O)cc1.Cc1ccccc1C(=O)O. The van der Waals surface area contributed by atoms with Gasteiger partial charge >= 0.3 is 11.9 Å². The van der Waals surface area contributed by atoms with Crippen molar-refractivity contribution < 1.29 is 24.5 Å². The van der Waals surface area contributed by atoms with E-state index in [4.69, 9.17) is 10.2 Å². The third kappa shape index (κ3) is 4.99. The number of aromatic hydroxyl groups is 1. The number of phenols is 1. The number of esters is 1. The van der Waals surface area contributed by atoms with Crippen LogP contribution in [0.5, 0.6) is 5.75 Å². The number of hydrogen-bond donors (Lipinski definition) is 2. The lowest BCUT2D eigenvalue weighted by Crippen LogP contribution is -1.99. The van der Waals surface area contributed by atoms with Crippen LogP contribution in [-0.2, 0) is 4.74 Å². The summed E-state index contributed by atoms with van der Waals surface area (Å²) >= 11 is 0. The molecule has 110 valence electrons. The number of carboxylic acid groups (broad SMARTS) is 1. The molecule has 0 aliphatic rings. The highest BCUT2D eigenvalue weighted by Gasteiger charge is 2.03. The second-order valence-corrected chi connectivity index (χ2v) is 4.16. The maximum absolute atomic E-state index is 10.8. The molecule has 0 atom stereocenters. The molecular formula is C16H16O5. The Bertz CT molecular complexity index is 617. The molecule has 2 aromatic carbocycles. The van der Waals surface area contributed by atoms with Crippen molar-refractivity contribution in [2.45, 2.75) is 6.92 Å². The zero-order valence-corrected chi connectivity index (χ0v) is 11.7. The molecule has 0 aromatic heterocycles. The molecule has 5 nitrogen and oxygen atoms in total. The molecule has 0 saturated heterocycles. The highest BCUT2D eigenvalue weighted by molar-refractivity contribution is 5.89. The van der Waals surface area contributed by atoms with Crippen molar-refractivity contribution in [2.75, 3.05) is 7.11 Å². The van der Waals surface area contributed by atoms with Crippen LogP contribution in [0.1, 0.15) is 26.3 Å². The summed E-state index contributed by atoms with van der Waals surface area (Å²) < 4.78 is 4.46. The second kappa shape index (κ2) is 7.69. The molecule has 5 heteroatoms. The summed E-state index contributed by atoms with van der Waals surface area (Å²) in [6, 6.07) is 12.8. The molecule has 0 spiro atoms. The predicted molar refractivity (Wildman–Crippen MR) is 77.6 cm³/mol. The van der Waals surface area contributed by atoms with Gasteiger partial charge in [0.25, 0.3) is 0 Å². The molecule has 21 heavy (non-hydrogen) atoms. The van der Waals surface area contributed by atoms with Crippen LogP contribution in [0, 0.1) is 6.92 Å². The highest BCUT2D eigenvalue weighted by atomic mass is 16.5. The summed E-state index contributed by atoms with van der Waals surface area (Å²) in [4.78, 5) is 21.2. The molecule has 0 aliphatic carbocycles. The number of aryl methyl sites for hydroxylation is 1. The minimum atomic E-state index is -0.863. The number of ether oxygens (including phenoxy) is 1. The number of phenolic OH excluding ortho intramolecular Hbond substituents is 1. The summed E-state index contributed by atoms with van der Waals surface area (Å²) in [6.07, 6.45) is 0. The standard InChI is InChI=1S/C8H8O3.C8H8O2/c1-11-8(10)6-2-4-7(9)5-3-6;1-6-4-2-3-5-7(6)8(9)10/h2-5,9H,1H3;2-5H,1H3,(H,9,10). The summed E-state index contributed by atoms with van der Waals surface area (Å²) in [5, 5.41) is 17.4. The lowest BCUT2D eigenvalue weighted by Gasteiger charge is -1.97. The normalized spacial score (nSPS) is 9.24. The molecule has 0 fully saturated rings. The molecule has 2 rings (SSSR count). The fraction of sp³-hybridized carbons (Fsp3) is 0.125. The molecule has 2 aromatic rings. The van der Waals surface area contributed by atoms with E-state index < -0.39 is 11.9 Å². The molecule has 0 heterocycles. The van der Waals surface area contributed by atoms with Crippen molar-refractivity contribution in [3.05, 3.63) is 65.2 Å². The summed E-state index contributed by atoms with van der Waals surface area (Å²) in [5.41, 5.74) is 1.61. The van der Waals surface area contributed by atoms with Gasteiger partial charge in [-0.25, -0.2) is 9.59 Å². The van der Waals surface area contributed by atoms with Crippen molar-refractivity contribution >= 4 is 11.9 Å². The zero-order chi connectivity index (χ0) is 15.8. The Morgan fingerprint density at radius 1 is 1.00 bits per heavy atom.